The van der Waals surface area contributed by atoms with Crippen LogP contribution in [0.25, 0.3) is 0 Å². The predicted octanol–water partition coefficient (Wildman–Crippen LogP) is 4.30. The molecule has 2 aromatic carbocycles. The van der Waals surface area contributed by atoms with Crippen molar-refractivity contribution in [3.63, 3.8) is 0 Å². The lowest BCUT2D eigenvalue weighted by atomic mass is 10.2. The standard InChI is InChI=1S/C15H16OS/c1-12-6-8-14(9-7-12)16-11-13-4-3-5-15(10-13)17-2/h3-10H,11H2,1-2H3. The quantitative estimate of drug-likeness (QED) is 0.742. The third-order valence-corrected chi connectivity index (χ3v) is 3.29. The van der Waals surface area contributed by atoms with Gasteiger partial charge < -0.3 is 4.74 Å². The summed E-state index contributed by atoms with van der Waals surface area (Å²) in [6.07, 6.45) is 2.08. The zero-order chi connectivity index (χ0) is 12.1. The van der Waals surface area contributed by atoms with Gasteiger partial charge in [-0.1, -0.05) is 29.8 Å². The first kappa shape index (κ1) is 12.1. The lowest BCUT2D eigenvalue weighted by molar-refractivity contribution is 0.306. The van der Waals surface area contributed by atoms with Gasteiger partial charge in [-0.05, 0) is 43.0 Å². The highest BCUT2D eigenvalue weighted by Crippen LogP contribution is 2.18. The first-order valence-corrected chi connectivity index (χ1v) is 6.83. The number of ether oxygens (including phenoxy) is 1. The summed E-state index contributed by atoms with van der Waals surface area (Å²) < 4.78 is 5.74. The predicted molar refractivity (Wildman–Crippen MR) is 73.7 cm³/mol. The Hall–Kier alpha value is -1.41. The average Bonchev–Trinajstić information content (AvgIpc) is 2.38. The molecule has 0 aliphatic heterocycles. The van der Waals surface area contributed by atoms with E-state index in [1.165, 1.54) is 16.0 Å². The van der Waals surface area contributed by atoms with Crippen molar-refractivity contribution in [2.24, 2.45) is 0 Å². The molecule has 0 spiro atoms. The zero-order valence-electron chi connectivity index (χ0n) is 10.1. The molecule has 0 fully saturated rings. The molecule has 88 valence electrons. The summed E-state index contributed by atoms with van der Waals surface area (Å²) >= 11 is 1.75. The Morgan fingerprint density at radius 2 is 1.82 bits per heavy atom. The van der Waals surface area contributed by atoms with Gasteiger partial charge in [0.15, 0.2) is 0 Å². The van der Waals surface area contributed by atoms with Crippen molar-refractivity contribution in [3.05, 3.63) is 59.7 Å². The van der Waals surface area contributed by atoms with Crippen LogP contribution >= 0.6 is 11.8 Å². The fourth-order valence-electron chi connectivity index (χ4n) is 1.56. The topological polar surface area (TPSA) is 9.23 Å². The SMILES string of the molecule is CSc1cccc(COc2ccc(C)cc2)c1. The molecule has 0 N–H and O–H groups in total. The molecular weight excluding hydrogens is 228 g/mol. The molecule has 0 heterocycles. The van der Waals surface area contributed by atoms with Crippen LogP contribution in [0.1, 0.15) is 11.1 Å². The van der Waals surface area contributed by atoms with Gasteiger partial charge in [-0.3, -0.25) is 0 Å². The average molecular weight is 244 g/mol. The molecule has 17 heavy (non-hydrogen) atoms. The van der Waals surface area contributed by atoms with E-state index >= 15 is 0 Å². The van der Waals surface area contributed by atoms with Crippen LogP contribution in [-0.2, 0) is 6.61 Å². The summed E-state index contributed by atoms with van der Waals surface area (Å²) in [5.41, 5.74) is 2.46. The molecule has 2 heteroatoms. The molecule has 0 aliphatic carbocycles. The highest BCUT2D eigenvalue weighted by Gasteiger charge is 1.97. The van der Waals surface area contributed by atoms with E-state index in [-0.39, 0.29) is 0 Å². The molecule has 0 atom stereocenters. The fraction of sp³-hybridized carbons (Fsp3) is 0.200. The molecule has 2 rings (SSSR count). The fourth-order valence-corrected chi connectivity index (χ4v) is 2.05. The molecule has 0 aliphatic rings. The number of thioether (sulfide) groups is 1. The van der Waals surface area contributed by atoms with Crippen molar-refractivity contribution >= 4 is 11.8 Å². The first-order chi connectivity index (χ1) is 8.28. The molecule has 0 saturated carbocycles. The Labute approximate surface area is 107 Å². The van der Waals surface area contributed by atoms with Crippen LogP contribution in [-0.4, -0.2) is 6.26 Å². The molecule has 0 bridgehead atoms. The molecule has 0 radical (unpaired) electrons. The van der Waals surface area contributed by atoms with Crippen LogP contribution in [0.3, 0.4) is 0 Å². The second kappa shape index (κ2) is 5.78. The van der Waals surface area contributed by atoms with Crippen molar-refractivity contribution < 1.29 is 4.74 Å². The second-order valence-corrected chi connectivity index (χ2v) is 4.83. The number of hydrogen-bond acceptors (Lipinski definition) is 2. The Kier molecular flexibility index (Phi) is 4.10. The molecule has 0 amide bonds. The lowest BCUT2D eigenvalue weighted by Gasteiger charge is -2.07. The van der Waals surface area contributed by atoms with E-state index in [2.05, 4.69) is 49.6 Å². The van der Waals surface area contributed by atoms with Crippen molar-refractivity contribution in [3.8, 4) is 5.75 Å². The lowest BCUT2D eigenvalue weighted by Crippen LogP contribution is -1.95. The summed E-state index contributed by atoms with van der Waals surface area (Å²) in [4.78, 5) is 1.27. The third kappa shape index (κ3) is 3.53. The van der Waals surface area contributed by atoms with Crippen LogP contribution in [0.2, 0.25) is 0 Å². The van der Waals surface area contributed by atoms with Gasteiger partial charge in [0.25, 0.3) is 0 Å². The van der Waals surface area contributed by atoms with Gasteiger partial charge in [-0.15, -0.1) is 11.8 Å². The molecule has 0 aromatic heterocycles. The van der Waals surface area contributed by atoms with Gasteiger partial charge in [0, 0.05) is 4.90 Å². The van der Waals surface area contributed by atoms with Gasteiger partial charge in [-0.25, -0.2) is 0 Å². The summed E-state index contributed by atoms with van der Waals surface area (Å²) in [7, 11) is 0. The molecule has 2 aromatic rings. The Morgan fingerprint density at radius 3 is 2.53 bits per heavy atom. The van der Waals surface area contributed by atoms with E-state index in [1.54, 1.807) is 11.8 Å². The van der Waals surface area contributed by atoms with E-state index in [1.807, 2.05) is 12.1 Å². The maximum Gasteiger partial charge on any atom is 0.119 e. The van der Waals surface area contributed by atoms with E-state index in [0.29, 0.717) is 6.61 Å². The molecular formula is C15H16OS. The Balaban J connectivity index is 1.99. The van der Waals surface area contributed by atoms with E-state index in [4.69, 9.17) is 4.74 Å². The van der Waals surface area contributed by atoms with Crippen LogP contribution in [0.4, 0.5) is 0 Å². The van der Waals surface area contributed by atoms with Gasteiger partial charge in [0.05, 0.1) is 0 Å². The molecule has 0 unspecified atom stereocenters. The Bertz CT molecular complexity index is 477. The maximum absolute atomic E-state index is 5.74. The summed E-state index contributed by atoms with van der Waals surface area (Å²) in [5, 5.41) is 0. The first-order valence-electron chi connectivity index (χ1n) is 5.60. The normalized spacial score (nSPS) is 10.2. The third-order valence-electron chi connectivity index (χ3n) is 2.56. The van der Waals surface area contributed by atoms with Crippen molar-refractivity contribution in [1.29, 1.82) is 0 Å². The highest BCUT2D eigenvalue weighted by molar-refractivity contribution is 7.98. The number of hydrogen-bond donors (Lipinski definition) is 0. The molecule has 0 saturated heterocycles. The monoisotopic (exact) mass is 244 g/mol. The van der Waals surface area contributed by atoms with Crippen LogP contribution in [0.5, 0.6) is 5.75 Å². The second-order valence-electron chi connectivity index (χ2n) is 3.95. The van der Waals surface area contributed by atoms with E-state index in [9.17, 15) is 0 Å². The summed E-state index contributed by atoms with van der Waals surface area (Å²) in [6.45, 7) is 2.70. The Morgan fingerprint density at radius 1 is 1.06 bits per heavy atom. The van der Waals surface area contributed by atoms with Crippen LogP contribution < -0.4 is 4.74 Å². The highest BCUT2D eigenvalue weighted by atomic mass is 32.2. The minimum Gasteiger partial charge on any atom is -0.489 e. The van der Waals surface area contributed by atoms with Crippen molar-refractivity contribution in [2.75, 3.05) is 6.26 Å². The van der Waals surface area contributed by atoms with Crippen molar-refractivity contribution in [1.82, 2.24) is 0 Å². The number of rotatable bonds is 4. The number of aryl methyl sites for hydroxylation is 1. The van der Waals surface area contributed by atoms with E-state index in [0.717, 1.165) is 5.75 Å². The minimum atomic E-state index is 0.622. The minimum absolute atomic E-state index is 0.622. The van der Waals surface area contributed by atoms with Crippen LogP contribution in [0, 0.1) is 6.92 Å². The van der Waals surface area contributed by atoms with Gasteiger partial charge >= 0.3 is 0 Å². The van der Waals surface area contributed by atoms with Gasteiger partial charge in [0.1, 0.15) is 12.4 Å². The zero-order valence-corrected chi connectivity index (χ0v) is 11.0. The smallest absolute Gasteiger partial charge is 0.119 e. The van der Waals surface area contributed by atoms with Gasteiger partial charge in [0.2, 0.25) is 0 Å². The van der Waals surface area contributed by atoms with Crippen molar-refractivity contribution in [2.45, 2.75) is 18.4 Å². The van der Waals surface area contributed by atoms with Crippen LogP contribution in [0.15, 0.2) is 53.4 Å². The summed E-state index contributed by atoms with van der Waals surface area (Å²) in [6, 6.07) is 16.6. The largest absolute Gasteiger partial charge is 0.489 e. The maximum atomic E-state index is 5.74. The summed E-state index contributed by atoms with van der Waals surface area (Å²) in [5.74, 6) is 0.921. The number of benzene rings is 2. The van der Waals surface area contributed by atoms with E-state index < -0.39 is 0 Å². The molecule has 1 nitrogen and oxygen atoms in total. The van der Waals surface area contributed by atoms with Gasteiger partial charge in [-0.2, -0.15) is 0 Å².